The molecular formula is C18H19NO2. The molecule has 1 aromatic carbocycles. The van der Waals surface area contributed by atoms with Crippen LogP contribution in [0.4, 0.5) is 0 Å². The average molecular weight is 281 g/mol. The molecule has 0 spiro atoms. The number of carboxylic acids is 1. The molecule has 1 heterocycles. The minimum atomic E-state index is -0.876. The van der Waals surface area contributed by atoms with Crippen molar-refractivity contribution in [3.63, 3.8) is 0 Å². The van der Waals surface area contributed by atoms with Gasteiger partial charge in [-0.1, -0.05) is 18.2 Å². The first kappa shape index (κ1) is 13.8. The summed E-state index contributed by atoms with van der Waals surface area (Å²) >= 11 is 0. The molecule has 0 radical (unpaired) electrons. The lowest BCUT2D eigenvalue weighted by Gasteiger charge is -2.12. The van der Waals surface area contributed by atoms with Gasteiger partial charge < -0.3 is 5.11 Å². The molecule has 0 aliphatic heterocycles. The second kappa shape index (κ2) is 5.68. The molecule has 3 heteroatoms. The van der Waals surface area contributed by atoms with E-state index in [-0.39, 0.29) is 0 Å². The highest BCUT2D eigenvalue weighted by Gasteiger charge is 2.27. The maximum absolute atomic E-state index is 11.2. The zero-order chi connectivity index (χ0) is 14.8. The van der Waals surface area contributed by atoms with Crippen LogP contribution in [0.2, 0.25) is 0 Å². The van der Waals surface area contributed by atoms with Gasteiger partial charge in [-0.05, 0) is 66.8 Å². The Balaban J connectivity index is 1.83. The number of hydrogen-bond acceptors (Lipinski definition) is 2. The smallest absolute Gasteiger partial charge is 0.336 e. The summed E-state index contributed by atoms with van der Waals surface area (Å²) in [5.41, 5.74) is 5.38. The predicted octanol–water partition coefficient (Wildman–Crippen LogP) is 3.75. The molecule has 0 unspecified atom stereocenters. The molecular weight excluding hydrogens is 262 g/mol. The van der Waals surface area contributed by atoms with Crippen molar-refractivity contribution in [1.82, 2.24) is 4.98 Å². The first-order valence-electron chi connectivity index (χ1n) is 7.41. The molecule has 1 fully saturated rings. The largest absolute Gasteiger partial charge is 0.478 e. The molecule has 1 aliphatic rings. The fourth-order valence-electron chi connectivity index (χ4n) is 3.02. The fraction of sp³-hybridized carbons (Fsp3) is 0.333. The third kappa shape index (κ3) is 2.97. The molecule has 1 aliphatic carbocycles. The van der Waals surface area contributed by atoms with E-state index in [1.54, 1.807) is 12.3 Å². The van der Waals surface area contributed by atoms with Gasteiger partial charge in [0.05, 0.1) is 5.56 Å². The molecule has 3 nitrogen and oxygen atoms in total. The fourth-order valence-corrected chi connectivity index (χ4v) is 3.02. The second-order valence-electron chi connectivity index (χ2n) is 5.76. The van der Waals surface area contributed by atoms with Gasteiger partial charge in [-0.25, -0.2) is 4.79 Å². The second-order valence-corrected chi connectivity index (χ2v) is 5.76. The lowest BCUT2D eigenvalue weighted by atomic mass is 9.93. The molecule has 0 atom stereocenters. The number of carbonyl (C=O) groups is 1. The first-order chi connectivity index (χ1) is 10.2. The molecule has 0 amide bonds. The van der Waals surface area contributed by atoms with Crippen molar-refractivity contribution >= 4 is 5.97 Å². The number of nitrogens with zero attached hydrogens (tertiary/aromatic N) is 1. The van der Waals surface area contributed by atoms with Gasteiger partial charge in [0.25, 0.3) is 0 Å². The summed E-state index contributed by atoms with van der Waals surface area (Å²) in [6, 6.07) is 8.02. The minimum Gasteiger partial charge on any atom is -0.478 e. The Kier molecular flexibility index (Phi) is 3.74. The lowest BCUT2D eigenvalue weighted by molar-refractivity contribution is 0.0695. The minimum absolute atomic E-state index is 0.366. The van der Waals surface area contributed by atoms with E-state index in [4.69, 9.17) is 0 Å². The molecule has 0 bridgehead atoms. The van der Waals surface area contributed by atoms with Crippen LogP contribution >= 0.6 is 0 Å². The van der Waals surface area contributed by atoms with Gasteiger partial charge in [0.15, 0.2) is 0 Å². The SMILES string of the molecule is Cc1cccc(CCc2cnccc2C(=O)O)c1C1CC1. The molecule has 3 rings (SSSR count). The van der Waals surface area contributed by atoms with Gasteiger partial charge in [0.2, 0.25) is 0 Å². The van der Waals surface area contributed by atoms with E-state index in [2.05, 4.69) is 30.1 Å². The summed E-state index contributed by atoms with van der Waals surface area (Å²) in [4.78, 5) is 15.3. The summed E-state index contributed by atoms with van der Waals surface area (Å²) in [5, 5.41) is 9.23. The van der Waals surface area contributed by atoms with Crippen LogP contribution in [-0.4, -0.2) is 16.1 Å². The molecule has 0 saturated heterocycles. The summed E-state index contributed by atoms with van der Waals surface area (Å²) in [7, 11) is 0. The monoisotopic (exact) mass is 281 g/mol. The van der Waals surface area contributed by atoms with Crippen molar-refractivity contribution in [3.8, 4) is 0 Å². The van der Waals surface area contributed by atoms with Crippen molar-refractivity contribution in [2.75, 3.05) is 0 Å². The van der Waals surface area contributed by atoms with Crippen LogP contribution < -0.4 is 0 Å². The number of hydrogen-bond donors (Lipinski definition) is 1. The number of benzene rings is 1. The maximum Gasteiger partial charge on any atom is 0.336 e. The zero-order valence-electron chi connectivity index (χ0n) is 12.2. The maximum atomic E-state index is 11.2. The van der Waals surface area contributed by atoms with Gasteiger partial charge in [-0.2, -0.15) is 0 Å². The topological polar surface area (TPSA) is 50.2 Å². The van der Waals surface area contributed by atoms with Crippen molar-refractivity contribution in [1.29, 1.82) is 0 Å². The number of rotatable bonds is 5. The zero-order valence-corrected chi connectivity index (χ0v) is 12.2. The Bertz CT molecular complexity index is 675. The van der Waals surface area contributed by atoms with Crippen molar-refractivity contribution < 1.29 is 9.90 Å². The molecule has 2 aromatic rings. The number of pyridine rings is 1. The normalized spacial score (nSPS) is 14.1. The Morgan fingerprint density at radius 1 is 1.24 bits per heavy atom. The van der Waals surface area contributed by atoms with Crippen molar-refractivity contribution in [2.45, 2.75) is 38.5 Å². The van der Waals surface area contributed by atoms with Crippen LogP contribution in [0, 0.1) is 6.92 Å². The van der Waals surface area contributed by atoms with Crippen LogP contribution in [0.3, 0.4) is 0 Å². The Morgan fingerprint density at radius 2 is 2.00 bits per heavy atom. The van der Waals surface area contributed by atoms with Crippen LogP contribution in [0.15, 0.2) is 36.7 Å². The summed E-state index contributed by atoms with van der Waals surface area (Å²) in [6.45, 7) is 2.17. The van der Waals surface area contributed by atoms with E-state index in [1.807, 2.05) is 0 Å². The van der Waals surface area contributed by atoms with E-state index >= 15 is 0 Å². The van der Waals surface area contributed by atoms with Gasteiger partial charge in [0, 0.05) is 12.4 Å². The molecule has 1 aromatic heterocycles. The summed E-state index contributed by atoms with van der Waals surface area (Å²) in [5.74, 6) is -0.159. The van der Waals surface area contributed by atoms with Gasteiger partial charge in [0.1, 0.15) is 0 Å². The van der Waals surface area contributed by atoms with Crippen molar-refractivity contribution in [2.24, 2.45) is 0 Å². The van der Waals surface area contributed by atoms with Gasteiger partial charge in [-0.15, -0.1) is 0 Å². The van der Waals surface area contributed by atoms with Crippen molar-refractivity contribution in [3.05, 3.63) is 64.5 Å². The highest BCUT2D eigenvalue weighted by molar-refractivity contribution is 5.89. The Labute approximate surface area is 124 Å². The molecule has 1 N–H and O–H groups in total. The third-order valence-electron chi connectivity index (χ3n) is 4.20. The summed E-state index contributed by atoms with van der Waals surface area (Å²) < 4.78 is 0. The quantitative estimate of drug-likeness (QED) is 0.908. The molecule has 1 saturated carbocycles. The Morgan fingerprint density at radius 3 is 2.71 bits per heavy atom. The highest BCUT2D eigenvalue weighted by Crippen LogP contribution is 2.43. The van der Waals surface area contributed by atoms with Gasteiger partial charge in [-0.3, -0.25) is 4.98 Å². The van der Waals surface area contributed by atoms with E-state index in [0.717, 1.165) is 18.4 Å². The molecule has 21 heavy (non-hydrogen) atoms. The summed E-state index contributed by atoms with van der Waals surface area (Å²) in [6.07, 6.45) is 7.37. The number of aryl methyl sites for hydroxylation is 3. The van der Waals surface area contributed by atoms with E-state index in [9.17, 15) is 9.90 Å². The Hall–Kier alpha value is -2.16. The van der Waals surface area contributed by atoms with E-state index < -0.39 is 5.97 Å². The average Bonchev–Trinajstić information content (AvgIpc) is 3.30. The molecule has 108 valence electrons. The number of aromatic nitrogens is 1. The number of aromatic carboxylic acids is 1. The first-order valence-corrected chi connectivity index (χ1v) is 7.41. The van der Waals surface area contributed by atoms with Crippen LogP contribution in [0.1, 0.15) is 51.4 Å². The van der Waals surface area contributed by atoms with Crippen LogP contribution in [0.5, 0.6) is 0 Å². The van der Waals surface area contributed by atoms with Gasteiger partial charge >= 0.3 is 5.97 Å². The highest BCUT2D eigenvalue weighted by atomic mass is 16.4. The lowest BCUT2D eigenvalue weighted by Crippen LogP contribution is -2.05. The number of carboxylic acid groups (broad SMARTS) is 1. The van der Waals surface area contributed by atoms with E-state index in [0.29, 0.717) is 11.5 Å². The predicted molar refractivity (Wildman–Crippen MR) is 81.8 cm³/mol. The van der Waals surface area contributed by atoms with E-state index in [1.165, 1.54) is 35.7 Å². The third-order valence-corrected chi connectivity index (χ3v) is 4.20. The van der Waals surface area contributed by atoms with Crippen LogP contribution in [-0.2, 0) is 12.8 Å². The standard InChI is InChI=1S/C18H19NO2/c1-12-3-2-4-13(17(12)14-5-6-14)7-8-15-11-19-10-9-16(15)18(20)21/h2-4,9-11,14H,5-8H2,1H3,(H,20,21). The van der Waals surface area contributed by atoms with Crippen LogP contribution in [0.25, 0.3) is 0 Å².